The Bertz CT molecular complexity index is 352. The number of anilines is 1. The van der Waals surface area contributed by atoms with Crippen LogP contribution in [-0.4, -0.2) is 32.7 Å². The standard InChI is InChI=1S/C13H21N3O2/c1-18-9-6-13(17)16-8-7-15-12-4-2-11(10-14)3-5-12/h2-5,15H,6-10,14H2,1H3,(H,16,17). The number of rotatable bonds is 8. The molecule has 0 fully saturated rings. The van der Waals surface area contributed by atoms with Crippen LogP contribution in [0, 0.1) is 0 Å². The quantitative estimate of drug-likeness (QED) is 0.595. The topological polar surface area (TPSA) is 76.4 Å². The second kappa shape index (κ2) is 8.49. The summed E-state index contributed by atoms with van der Waals surface area (Å²) in [6.07, 6.45) is 0.404. The van der Waals surface area contributed by atoms with Crippen molar-refractivity contribution in [3.8, 4) is 0 Å². The maximum atomic E-state index is 11.3. The molecule has 18 heavy (non-hydrogen) atoms. The fourth-order valence-corrected chi connectivity index (χ4v) is 1.45. The van der Waals surface area contributed by atoms with Crippen molar-refractivity contribution in [2.45, 2.75) is 13.0 Å². The summed E-state index contributed by atoms with van der Waals surface area (Å²) in [6, 6.07) is 7.93. The average Bonchev–Trinajstić information content (AvgIpc) is 2.42. The predicted molar refractivity (Wildman–Crippen MR) is 72.3 cm³/mol. The van der Waals surface area contributed by atoms with Gasteiger partial charge in [0.25, 0.3) is 0 Å². The van der Waals surface area contributed by atoms with Crippen LogP contribution in [0.2, 0.25) is 0 Å². The van der Waals surface area contributed by atoms with Gasteiger partial charge < -0.3 is 21.1 Å². The molecule has 4 N–H and O–H groups in total. The molecule has 0 spiro atoms. The first-order valence-corrected chi connectivity index (χ1v) is 6.04. The Morgan fingerprint density at radius 2 is 2.00 bits per heavy atom. The lowest BCUT2D eigenvalue weighted by molar-refractivity contribution is -0.121. The molecule has 0 unspecified atom stereocenters. The lowest BCUT2D eigenvalue weighted by Crippen LogP contribution is -2.29. The Hall–Kier alpha value is -1.59. The number of amides is 1. The number of ether oxygens (including phenoxy) is 1. The molecule has 0 bridgehead atoms. The van der Waals surface area contributed by atoms with E-state index in [1.807, 2.05) is 24.3 Å². The summed E-state index contributed by atoms with van der Waals surface area (Å²) < 4.78 is 4.82. The third-order valence-electron chi connectivity index (χ3n) is 2.50. The molecule has 1 rings (SSSR count). The van der Waals surface area contributed by atoms with Gasteiger partial charge >= 0.3 is 0 Å². The normalized spacial score (nSPS) is 10.1. The molecule has 0 atom stereocenters. The van der Waals surface area contributed by atoms with E-state index in [1.54, 1.807) is 7.11 Å². The van der Waals surface area contributed by atoms with E-state index in [9.17, 15) is 4.79 Å². The predicted octanol–water partition coefficient (Wildman–Crippen LogP) is 0.710. The minimum Gasteiger partial charge on any atom is -0.384 e. The summed E-state index contributed by atoms with van der Waals surface area (Å²) >= 11 is 0. The third-order valence-corrected chi connectivity index (χ3v) is 2.50. The summed E-state index contributed by atoms with van der Waals surface area (Å²) in [4.78, 5) is 11.3. The first kappa shape index (κ1) is 14.5. The lowest BCUT2D eigenvalue weighted by atomic mass is 10.2. The molecule has 0 heterocycles. The van der Waals surface area contributed by atoms with Crippen molar-refractivity contribution in [1.82, 2.24) is 5.32 Å². The van der Waals surface area contributed by atoms with Crippen molar-refractivity contribution in [1.29, 1.82) is 0 Å². The van der Waals surface area contributed by atoms with Crippen molar-refractivity contribution < 1.29 is 9.53 Å². The van der Waals surface area contributed by atoms with E-state index in [0.29, 0.717) is 32.7 Å². The van der Waals surface area contributed by atoms with E-state index in [0.717, 1.165) is 11.3 Å². The van der Waals surface area contributed by atoms with Crippen LogP contribution in [-0.2, 0) is 16.1 Å². The Labute approximate surface area is 108 Å². The maximum Gasteiger partial charge on any atom is 0.222 e. The molecule has 100 valence electrons. The van der Waals surface area contributed by atoms with Crippen molar-refractivity contribution in [2.24, 2.45) is 5.73 Å². The molecule has 0 aliphatic heterocycles. The van der Waals surface area contributed by atoms with Crippen LogP contribution < -0.4 is 16.4 Å². The van der Waals surface area contributed by atoms with E-state index >= 15 is 0 Å². The molecular weight excluding hydrogens is 230 g/mol. The number of benzene rings is 1. The molecule has 0 aliphatic carbocycles. The van der Waals surface area contributed by atoms with Gasteiger partial charge in [0.15, 0.2) is 0 Å². The minimum absolute atomic E-state index is 0.0112. The second-order valence-corrected chi connectivity index (χ2v) is 3.92. The number of hydrogen-bond acceptors (Lipinski definition) is 4. The summed E-state index contributed by atoms with van der Waals surface area (Å²) in [5, 5.41) is 6.03. The van der Waals surface area contributed by atoms with E-state index in [1.165, 1.54) is 0 Å². The maximum absolute atomic E-state index is 11.3. The van der Waals surface area contributed by atoms with Gasteiger partial charge in [-0.3, -0.25) is 4.79 Å². The number of methoxy groups -OCH3 is 1. The molecule has 0 saturated carbocycles. The fourth-order valence-electron chi connectivity index (χ4n) is 1.45. The summed E-state index contributed by atoms with van der Waals surface area (Å²) in [7, 11) is 1.58. The number of carbonyl (C=O) groups excluding carboxylic acids is 1. The van der Waals surface area contributed by atoms with Gasteiger partial charge in [0.05, 0.1) is 6.61 Å². The molecule has 1 aromatic rings. The van der Waals surface area contributed by atoms with Crippen LogP contribution in [0.5, 0.6) is 0 Å². The van der Waals surface area contributed by atoms with Crippen molar-refractivity contribution >= 4 is 11.6 Å². The van der Waals surface area contributed by atoms with Crippen LogP contribution in [0.1, 0.15) is 12.0 Å². The van der Waals surface area contributed by atoms with Gasteiger partial charge in [-0.25, -0.2) is 0 Å². The number of hydrogen-bond donors (Lipinski definition) is 3. The van der Waals surface area contributed by atoms with E-state index in [-0.39, 0.29) is 5.91 Å². The van der Waals surface area contributed by atoms with Crippen LogP contribution in [0.25, 0.3) is 0 Å². The molecule has 0 aliphatic rings. The van der Waals surface area contributed by atoms with Crippen molar-refractivity contribution in [3.05, 3.63) is 29.8 Å². The minimum atomic E-state index is 0.0112. The van der Waals surface area contributed by atoms with Crippen molar-refractivity contribution in [2.75, 3.05) is 32.1 Å². The molecule has 0 aromatic heterocycles. The number of nitrogens with one attached hydrogen (secondary N) is 2. The van der Waals surface area contributed by atoms with Gasteiger partial charge in [-0.05, 0) is 17.7 Å². The van der Waals surface area contributed by atoms with Gasteiger partial charge in [0.2, 0.25) is 5.91 Å². The van der Waals surface area contributed by atoms with Gasteiger partial charge in [0, 0.05) is 38.9 Å². The van der Waals surface area contributed by atoms with Gasteiger partial charge in [-0.2, -0.15) is 0 Å². The Morgan fingerprint density at radius 3 is 2.61 bits per heavy atom. The summed E-state index contributed by atoms with van der Waals surface area (Å²) in [5.74, 6) is 0.0112. The molecule has 5 heteroatoms. The van der Waals surface area contributed by atoms with Crippen LogP contribution in [0.4, 0.5) is 5.69 Å². The second-order valence-electron chi connectivity index (χ2n) is 3.92. The van der Waals surface area contributed by atoms with Gasteiger partial charge in [0.1, 0.15) is 0 Å². The molecule has 1 aromatic carbocycles. The van der Waals surface area contributed by atoms with E-state index in [2.05, 4.69) is 10.6 Å². The molecule has 0 saturated heterocycles. The lowest BCUT2D eigenvalue weighted by Gasteiger charge is -2.08. The van der Waals surface area contributed by atoms with Gasteiger partial charge in [-0.1, -0.05) is 12.1 Å². The van der Waals surface area contributed by atoms with Crippen LogP contribution in [0.3, 0.4) is 0 Å². The Kier molecular flexibility index (Phi) is 6.83. The largest absolute Gasteiger partial charge is 0.384 e. The first-order valence-electron chi connectivity index (χ1n) is 6.04. The SMILES string of the molecule is COCCC(=O)NCCNc1ccc(CN)cc1. The highest BCUT2D eigenvalue weighted by Crippen LogP contribution is 2.08. The van der Waals surface area contributed by atoms with E-state index in [4.69, 9.17) is 10.5 Å². The van der Waals surface area contributed by atoms with Crippen molar-refractivity contribution in [3.63, 3.8) is 0 Å². The highest BCUT2D eigenvalue weighted by Gasteiger charge is 1.99. The first-order chi connectivity index (χ1) is 8.76. The summed E-state index contributed by atoms with van der Waals surface area (Å²) in [5.41, 5.74) is 7.65. The number of nitrogens with two attached hydrogens (primary N) is 1. The van der Waals surface area contributed by atoms with Gasteiger partial charge in [-0.15, -0.1) is 0 Å². The highest BCUT2D eigenvalue weighted by atomic mass is 16.5. The Morgan fingerprint density at radius 1 is 1.28 bits per heavy atom. The zero-order valence-corrected chi connectivity index (χ0v) is 10.7. The number of carbonyl (C=O) groups is 1. The molecular formula is C13H21N3O2. The third kappa shape index (κ3) is 5.65. The zero-order valence-electron chi connectivity index (χ0n) is 10.7. The monoisotopic (exact) mass is 251 g/mol. The molecule has 0 radical (unpaired) electrons. The highest BCUT2D eigenvalue weighted by molar-refractivity contribution is 5.75. The summed E-state index contributed by atoms with van der Waals surface area (Å²) in [6.45, 7) is 2.30. The zero-order chi connectivity index (χ0) is 13.2. The van der Waals surface area contributed by atoms with Crippen LogP contribution >= 0.6 is 0 Å². The smallest absolute Gasteiger partial charge is 0.222 e. The van der Waals surface area contributed by atoms with E-state index < -0.39 is 0 Å². The van der Waals surface area contributed by atoms with Crippen LogP contribution in [0.15, 0.2) is 24.3 Å². The molecule has 5 nitrogen and oxygen atoms in total. The molecule has 1 amide bonds. The fraction of sp³-hybridized carbons (Fsp3) is 0.462. The average molecular weight is 251 g/mol. The Balaban J connectivity index is 2.15.